The summed E-state index contributed by atoms with van der Waals surface area (Å²) in [5.74, 6) is -0.984. The van der Waals surface area contributed by atoms with E-state index in [1.165, 1.54) is 154 Å². The zero-order valence-corrected chi connectivity index (χ0v) is 35.7. The van der Waals surface area contributed by atoms with E-state index in [0.29, 0.717) is 0 Å². The summed E-state index contributed by atoms with van der Waals surface area (Å²) in [7, 11) is -4.35. The summed E-state index contributed by atoms with van der Waals surface area (Å²) < 4.78 is 32.6. The monoisotopic (exact) mass is 766 g/mol. The van der Waals surface area contributed by atoms with Gasteiger partial charge in [-0.3, -0.25) is 9.35 Å². The number of carbonyl (C=O) groups excluding carboxylic acids is 1. The molecule has 7 heteroatoms. The van der Waals surface area contributed by atoms with E-state index in [2.05, 4.69) is 43.5 Å². The fourth-order valence-corrected chi connectivity index (χ4v) is 7.63. The van der Waals surface area contributed by atoms with Crippen LogP contribution in [0.15, 0.2) is 36.5 Å². The number of unbranched alkanes of at least 4 members (excludes halogenated alkanes) is 29. The first-order chi connectivity index (χ1) is 25.8. The molecule has 2 atom stereocenters. The molecular formula is C46H87NO5S. The van der Waals surface area contributed by atoms with Crippen molar-refractivity contribution < 1.29 is 22.9 Å². The zero-order chi connectivity index (χ0) is 38.9. The SMILES string of the molecule is CCCCCC/C=C\C/C=C\CCCCCCCCCC(=O)NC(CS(=O)(=O)O)C(O)/C=C/CCCCCCCCCCCCCCCCCCCC. The predicted molar refractivity (Wildman–Crippen MR) is 230 cm³/mol. The topological polar surface area (TPSA) is 104 Å². The van der Waals surface area contributed by atoms with Crippen LogP contribution in [0.25, 0.3) is 0 Å². The molecule has 0 rings (SSSR count). The van der Waals surface area contributed by atoms with E-state index in [0.717, 1.165) is 57.8 Å². The first kappa shape index (κ1) is 51.6. The van der Waals surface area contributed by atoms with Crippen LogP contribution < -0.4 is 5.32 Å². The van der Waals surface area contributed by atoms with Crippen LogP contribution in [0.3, 0.4) is 0 Å². The summed E-state index contributed by atoms with van der Waals surface area (Å²) in [6.45, 7) is 4.52. The number of nitrogens with one attached hydrogen (secondary N) is 1. The summed E-state index contributed by atoms with van der Waals surface area (Å²) in [6.07, 6.45) is 52.7. The van der Waals surface area contributed by atoms with Gasteiger partial charge in [-0.2, -0.15) is 8.42 Å². The summed E-state index contributed by atoms with van der Waals surface area (Å²) in [5, 5.41) is 13.3. The van der Waals surface area contributed by atoms with Crippen LogP contribution in [0.2, 0.25) is 0 Å². The van der Waals surface area contributed by atoms with Crippen LogP contribution in [-0.4, -0.2) is 41.9 Å². The first-order valence-electron chi connectivity index (χ1n) is 22.7. The highest BCUT2D eigenvalue weighted by atomic mass is 32.2. The summed E-state index contributed by atoms with van der Waals surface area (Å²) in [6, 6.07) is -1.06. The molecule has 6 nitrogen and oxygen atoms in total. The van der Waals surface area contributed by atoms with Gasteiger partial charge in [0.25, 0.3) is 10.1 Å². The second kappa shape index (κ2) is 40.2. The fraction of sp³-hybridized carbons (Fsp3) is 0.848. The maximum atomic E-state index is 12.5. The molecule has 3 N–H and O–H groups in total. The molecule has 0 spiro atoms. The van der Waals surface area contributed by atoms with Gasteiger partial charge in [-0.1, -0.05) is 211 Å². The van der Waals surface area contributed by atoms with Gasteiger partial charge in [0.1, 0.15) is 0 Å². The largest absolute Gasteiger partial charge is 0.387 e. The predicted octanol–water partition coefficient (Wildman–Crippen LogP) is 13.7. The molecule has 53 heavy (non-hydrogen) atoms. The Kier molecular flexibility index (Phi) is 39.1. The van der Waals surface area contributed by atoms with Crippen molar-refractivity contribution in [1.29, 1.82) is 0 Å². The van der Waals surface area contributed by atoms with E-state index in [-0.39, 0.29) is 12.3 Å². The Morgan fingerprint density at radius 1 is 0.509 bits per heavy atom. The van der Waals surface area contributed by atoms with Gasteiger partial charge < -0.3 is 10.4 Å². The summed E-state index contributed by atoms with van der Waals surface area (Å²) in [4.78, 5) is 12.5. The summed E-state index contributed by atoms with van der Waals surface area (Å²) >= 11 is 0. The van der Waals surface area contributed by atoms with Crippen molar-refractivity contribution >= 4 is 16.0 Å². The second-order valence-corrected chi connectivity index (χ2v) is 17.2. The number of hydrogen-bond acceptors (Lipinski definition) is 4. The lowest BCUT2D eigenvalue weighted by molar-refractivity contribution is -0.122. The molecule has 0 heterocycles. The molecule has 2 unspecified atom stereocenters. The number of hydrogen-bond donors (Lipinski definition) is 3. The van der Waals surface area contributed by atoms with Crippen molar-refractivity contribution in [3.05, 3.63) is 36.5 Å². The Morgan fingerprint density at radius 2 is 0.849 bits per heavy atom. The lowest BCUT2D eigenvalue weighted by atomic mass is 10.0. The minimum Gasteiger partial charge on any atom is -0.387 e. The van der Waals surface area contributed by atoms with Gasteiger partial charge in [0.15, 0.2) is 0 Å². The number of amides is 1. The molecule has 0 bridgehead atoms. The van der Waals surface area contributed by atoms with Crippen molar-refractivity contribution in [3.8, 4) is 0 Å². The molecule has 0 radical (unpaired) electrons. The molecule has 0 aromatic heterocycles. The molecule has 312 valence electrons. The smallest absolute Gasteiger partial charge is 0.267 e. The van der Waals surface area contributed by atoms with Crippen molar-refractivity contribution in [2.75, 3.05) is 5.75 Å². The molecule has 0 aliphatic carbocycles. The highest BCUT2D eigenvalue weighted by Gasteiger charge is 2.24. The quantitative estimate of drug-likeness (QED) is 0.0327. The number of aliphatic hydroxyl groups is 1. The maximum absolute atomic E-state index is 12.5. The minimum absolute atomic E-state index is 0.285. The summed E-state index contributed by atoms with van der Waals surface area (Å²) in [5.41, 5.74) is 0. The van der Waals surface area contributed by atoms with Gasteiger partial charge in [-0.05, 0) is 51.4 Å². The van der Waals surface area contributed by atoms with Crippen molar-refractivity contribution in [2.45, 2.75) is 244 Å². The zero-order valence-electron chi connectivity index (χ0n) is 34.9. The average molecular weight is 766 g/mol. The Bertz CT molecular complexity index is 976. The van der Waals surface area contributed by atoms with Gasteiger partial charge in [-0.25, -0.2) is 0 Å². The Morgan fingerprint density at radius 3 is 1.25 bits per heavy atom. The first-order valence-corrected chi connectivity index (χ1v) is 24.3. The fourth-order valence-electron chi connectivity index (χ4n) is 6.89. The van der Waals surface area contributed by atoms with Crippen LogP contribution in [-0.2, 0) is 14.9 Å². The van der Waals surface area contributed by atoms with Gasteiger partial charge in [0.2, 0.25) is 5.91 Å². The number of aliphatic hydroxyl groups excluding tert-OH is 1. The molecule has 0 aliphatic heterocycles. The molecule has 0 aliphatic rings. The maximum Gasteiger partial charge on any atom is 0.267 e. The van der Waals surface area contributed by atoms with Gasteiger partial charge in [0, 0.05) is 6.42 Å². The molecule has 0 fully saturated rings. The highest BCUT2D eigenvalue weighted by molar-refractivity contribution is 7.85. The normalized spacial score (nSPS) is 13.5. The van der Waals surface area contributed by atoms with Crippen LogP contribution in [0.4, 0.5) is 0 Å². The van der Waals surface area contributed by atoms with Crippen molar-refractivity contribution in [3.63, 3.8) is 0 Å². The number of carbonyl (C=O) groups is 1. The van der Waals surface area contributed by atoms with Crippen LogP contribution in [0, 0.1) is 0 Å². The Labute approximate surface area is 329 Å². The third-order valence-corrected chi connectivity index (χ3v) is 11.1. The van der Waals surface area contributed by atoms with E-state index >= 15 is 0 Å². The highest BCUT2D eigenvalue weighted by Crippen LogP contribution is 2.15. The van der Waals surface area contributed by atoms with Crippen LogP contribution in [0.5, 0.6) is 0 Å². The van der Waals surface area contributed by atoms with E-state index in [1.807, 2.05) is 6.08 Å². The second-order valence-electron chi connectivity index (χ2n) is 15.7. The molecule has 1 amide bonds. The number of rotatable bonds is 41. The Balaban J connectivity index is 3.88. The van der Waals surface area contributed by atoms with E-state index < -0.39 is 28.0 Å². The Hall–Kier alpha value is -1.44. The van der Waals surface area contributed by atoms with Crippen LogP contribution in [0.1, 0.15) is 232 Å². The molecule has 0 aromatic rings. The van der Waals surface area contributed by atoms with Gasteiger partial charge >= 0.3 is 0 Å². The van der Waals surface area contributed by atoms with Gasteiger partial charge in [0.05, 0.1) is 17.9 Å². The van der Waals surface area contributed by atoms with Gasteiger partial charge in [-0.15, -0.1) is 0 Å². The van der Waals surface area contributed by atoms with Crippen molar-refractivity contribution in [1.82, 2.24) is 5.32 Å². The third kappa shape index (κ3) is 41.6. The molecule has 0 saturated heterocycles. The third-order valence-electron chi connectivity index (χ3n) is 10.3. The lowest BCUT2D eigenvalue weighted by Gasteiger charge is -2.21. The number of allylic oxidation sites excluding steroid dienone is 5. The molecular weight excluding hydrogens is 679 g/mol. The lowest BCUT2D eigenvalue weighted by Crippen LogP contribution is -2.46. The van der Waals surface area contributed by atoms with Crippen molar-refractivity contribution in [2.24, 2.45) is 0 Å². The van der Waals surface area contributed by atoms with E-state index in [9.17, 15) is 22.9 Å². The average Bonchev–Trinajstić information content (AvgIpc) is 3.12. The molecule has 0 aromatic carbocycles. The van der Waals surface area contributed by atoms with Crippen LogP contribution >= 0.6 is 0 Å². The van der Waals surface area contributed by atoms with E-state index in [1.54, 1.807) is 6.08 Å². The van der Waals surface area contributed by atoms with E-state index in [4.69, 9.17) is 0 Å². The standard InChI is InChI=1S/C46H87NO5S/c1-3-5-7-9-11-13-15-17-19-21-23-24-25-27-29-31-33-35-37-39-41-45(48)44(43-53(50,51)52)47-46(49)42-40-38-36-34-32-30-28-26-22-20-18-16-14-12-10-8-6-4-2/h14,16,20,22,39,41,44-45,48H,3-13,15,17-19,21,23-38,40,42-43H2,1-2H3,(H,47,49)(H,50,51,52)/b16-14-,22-20-,41-39+. The molecule has 0 saturated carbocycles. The minimum atomic E-state index is -4.35.